The van der Waals surface area contributed by atoms with E-state index >= 15 is 0 Å². The molecule has 0 aliphatic heterocycles. The maximum Gasteiger partial charge on any atom is 0.0571 e. The van der Waals surface area contributed by atoms with E-state index in [-0.39, 0.29) is 6.10 Å². The molecule has 1 N–H and O–H groups in total. The Morgan fingerprint density at radius 1 is 0.944 bits per heavy atom. The molecule has 0 spiro atoms. The average Bonchev–Trinajstić information content (AvgIpc) is 2.41. The van der Waals surface area contributed by atoms with E-state index in [1.54, 1.807) is 0 Å². The number of aliphatic hydroxyl groups excluding tert-OH is 1. The Labute approximate surface area is 113 Å². The minimum Gasteiger partial charge on any atom is -0.393 e. The van der Waals surface area contributed by atoms with E-state index < -0.39 is 0 Å². The summed E-state index contributed by atoms with van der Waals surface area (Å²) in [4.78, 5) is 0. The van der Waals surface area contributed by atoms with Crippen LogP contribution in [-0.2, 0) is 0 Å². The Hall–Kier alpha value is -0.0400. The molecule has 0 saturated heterocycles. The van der Waals surface area contributed by atoms with E-state index in [0.717, 1.165) is 24.2 Å². The average molecular weight is 252 g/mol. The molecule has 5 atom stereocenters. The van der Waals surface area contributed by atoms with E-state index in [1.807, 2.05) is 0 Å². The molecule has 0 aromatic rings. The zero-order valence-electron chi connectivity index (χ0n) is 12.4. The molecule has 0 bridgehead atoms. The third kappa shape index (κ3) is 3.29. The highest BCUT2D eigenvalue weighted by Crippen LogP contribution is 2.45. The molecule has 0 aromatic heterocycles. The Bertz CT molecular complexity index is 238. The Morgan fingerprint density at radius 3 is 2.44 bits per heavy atom. The van der Waals surface area contributed by atoms with E-state index in [2.05, 4.69) is 13.8 Å². The molecule has 18 heavy (non-hydrogen) atoms. The van der Waals surface area contributed by atoms with Gasteiger partial charge in [-0.25, -0.2) is 0 Å². The van der Waals surface area contributed by atoms with Crippen LogP contribution in [-0.4, -0.2) is 11.2 Å². The van der Waals surface area contributed by atoms with Gasteiger partial charge in [0.2, 0.25) is 0 Å². The van der Waals surface area contributed by atoms with Gasteiger partial charge < -0.3 is 5.11 Å². The van der Waals surface area contributed by atoms with E-state index in [0.29, 0.717) is 5.92 Å². The smallest absolute Gasteiger partial charge is 0.0571 e. The SMILES string of the molecule is CCCC1CCC(O)C(C2CCCCC2CC)C1. The van der Waals surface area contributed by atoms with Crippen LogP contribution < -0.4 is 0 Å². The summed E-state index contributed by atoms with van der Waals surface area (Å²) >= 11 is 0. The Balaban J connectivity index is 1.99. The summed E-state index contributed by atoms with van der Waals surface area (Å²) in [5, 5.41) is 10.4. The maximum absolute atomic E-state index is 10.4. The molecular formula is C17H32O. The molecular weight excluding hydrogens is 220 g/mol. The highest BCUT2D eigenvalue weighted by Gasteiger charge is 2.38. The van der Waals surface area contributed by atoms with Crippen LogP contribution in [0.2, 0.25) is 0 Å². The van der Waals surface area contributed by atoms with E-state index in [4.69, 9.17) is 0 Å². The highest BCUT2D eigenvalue weighted by molar-refractivity contribution is 4.88. The van der Waals surface area contributed by atoms with Gasteiger partial charge in [-0.05, 0) is 49.4 Å². The molecule has 5 unspecified atom stereocenters. The molecule has 0 radical (unpaired) electrons. The second kappa shape index (κ2) is 6.93. The van der Waals surface area contributed by atoms with Gasteiger partial charge in [-0.2, -0.15) is 0 Å². The standard InChI is InChI=1S/C17H32O/c1-3-7-13-10-11-17(18)16(12-13)15-9-6-5-8-14(15)4-2/h13-18H,3-12H2,1-2H3. The summed E-state index contributed by atoms with van der Waals surface area (Å²) in [7, 11) is 0. The minimum absolute atomic E-state index is 0.00950. The zero-order valence-corrected chi connectivity index (χ0v) is 12.4. The number of hydrogen-bond donors (Lipinski definition) is 1. The van der Waals surface area contributed by atoms with Crippen molar-refractivity contribution in [3.63, 3.8) is 0 Å². The lowest BCUT2D eigenvalue weighted by Gasteiger charge is -2.43. The quantitative estimate of drug-likeness (QED) is 0.763. The van der Waals surface area contributed by atoms with Gasteiger partial charge in [0.1, 0.15) is 0 Å². The maximum atomic E-state index is 10.4. The first-order chi connectivity index (χ1) is 8.76. The van der Waals surface area contributed by atoms with Crippen LogP contribution in [0, 0.1) is 23.7 Å². The number of rotatable bonds is 4. The fraction of sp³-hybridized carbons (Fsp3) is 1.00. The summed E-state index contributed by atoms with van der Waals surface area (Å²) < 4.78 is 0. The van der Waals surface area contributed by atoms with Crippen molar-refractivity contribution >= 4 is 0 Å². The number of hydrogen-bond acceptors (Lipinski definition) is 1. The molecule has 0 aromatic carbocycles. The Kier molecular flexibility index (Phi) is 5.54. The predicted molar refractivity (Wildman–Crippen MR) is 77.5 cm³/mol. The van der Waals surface area contributed by atoms with Crippen LogP contribution in [0.4, 0.5) is 0 Å². The molecule has 106 valence electrons. The Morgan fingerprint density at radius 2 is 1.72 bits per heavy atom. The van der Waals surface area contributed by atoms with Gasteiger partial charge in [0.15, 0.2) is 0 Å². The van der Waals surface area contributed by atoms with Gasteiger partial charge in [-0.1, -0.05) is 52.4 Å². The predicted octanol–water partition coefficient (Wildman–Crippen LogP) is 4.78. The van der Waals surface area contributed by atoms with Crippen molar-refractivity contribution in [1.82, 2.24) is 0 Å². The largest absolute Gasteiger partial charge is 0.393 e. The molecule has 1 nitrogen and oxygen atoms in total. The summed E-state index contributed by atoms with van der Waals surface area (Å²) in [6.45, 7) is 4.65. The van der Waals surface area contributed by atoms with Gasteiger partial charge in [-0.15, -0.1) is 0 Å². The van der Waals surface area contributed by atoms with Gasteiger partial charge >= 0.3 is 0 Å². The number of aliphatic hydroxyl groups is 1. The first kappa shape index (κ1) is 14.4. The third-order valence-corrected chi connectivity index (χ3v) is 5.71. The van der Waals surface area contributed by atoms with Crippen molar-refractivity contribution in [2.45, 2.75) is 84.2 Å². The third-order valence-electron chi connectivity index (χ3n) is 5.71. The molecule has 2 aliphatic rings. The normalized spacial score (nSPS) is 41.8. The molecule has 2 saturated carbocycles. The molecule has 2 fully saturated rings. The van der Waals surface area contributed by atoms with Gasteiger partial charge in [0.25, 0.3) is 0 Å². The lowest BCUT2D eigenvalue weighted by molar-refractivity contribution is -0.0139. The fourth-order valence-corrected chi connectivity index (χ4v) is 4.72. The van der Waals surface area contributed by atoms with Crippen molar-refractivity contribution in [1.29, 1.82) is 0 Å². The van der Waals surface area contributed by atoms with Gasteiger partial charge in [0, 0.05) is 0 Å². The van der Waals surface area contributed by atoms with Crippen LogP contribution in [0.15, 0.2) is 0 Å². The van der Waals surface area contributed by atoms with Crippen LogP contribution in [0.25, 0.3) is 0 Å². The second-order valence-electron chi connectivity index (χ2n) is 6.82. The molecule has 2 rings (SSSR count). The zero-order chi connectivity index (χ0) is 13.0. The van der Waals surface area contributed by atoms with Crippen molar-refractivity contribution in [3.05, 3.63) is 0 Å². The molecule has 0 heterocycles. The second-order valence-corrected chi connectivity index (χ2v) is 6.82. The van der Waals surface area contributed by atoms with Crippen LogP contribution in [0.5, 0.6) is 0 Å². The lowest BCUT2D eigenvalue weighted by Crippen LogP contribution is -2.38. The van der Waals surface area contributed by atoms with E-state index in [1.165, 1.54) is 57.8 Å². The summed E-state index contributed by atoms with van der Waals surface area (Å²) in [5.74, 6) is 3.26. The van der Waals surface area contributed by atoms with Crippen molar-refractivity contribution in [2.24, 2.45) is 23.7 Å². The first-order valence-electron chi connectivity index (χ1n) is 8.44. The summed E-state index contributed by atoms with van der Waals surface area (Å²) in [5.41, 5.74) is 0. The van der Waals surface area contributed by atoms with Crippen molar-refractivity contribution in [2.75, 3.05) is 0 Å². The van der Waals surface area contributed by atoms with Crippen molar-refractivity contribution in [3.8, 4) is 0 Å². The minimum atomic E-state index is 0.00950. The van der Waals surface area contributed by atoms with Crippen LogP contribution >= 0.6 is 0 Å². The van der Waals surface area contributed by atoms with Crippen LogP contribution in [0.1, 0.15) is 78.1 Å². The van der Waals surface area contributed by atoms with Gasteiger partial charge in [0.05, 0.1) is 6.10 Å². The van der Waals surface area contributed by atoms with E-state index in [9.17, 15) is 5.11 Å². The molecule has 1 heteroatoms. The van der Waals surface area contributed by atoms with Crippen molar-refractivity contribution < 1.29 is 5.11 Å². The molecule has 0 amide bonds. The lowest BCUT2D eigenvalue weighted by atomic mass is 9.64. The highest BCUT2D eigenvalue weighted by atomic mass is 16.3. The van der Waals surface area contributed by atoms with Gasteiger partial charge in [-0.3, -0.25) is 0 Å². The topological polar surface area (TPSA) is 20.2 Å². The summed E-state index contributed by atoms with van der Waals surface area (Å²) in [6, 6.07) is 0. The van der Waals surface area contributed by atoms with Crippen LogP contribution in [0.3, 0.4) is 0 Å². The fourth-order valence-electron chi connectivity index (χ4n) is 4.72. The molecule has 2 aliphatic carbocycles. The summed E-state index contributed by atoms with van der Waals surface area (Å²) in [6.07, 6.45) is 13.3. The first-order valence-corrected chi connectivity index (χ1v) is 8.44. The monoisotopic (exact) mass is 252 g/mol.